The first kappa shape index (κ1) is 15.0. The zero-order chi connectivity index (χ0) is 13.8. The first-order valence-corrected chi connectivity index (χ1v) is 7.49. The molecule has 0 aromatic rings. The molecule has 0 spiro atoms. The Kier molecular flexibility index (Phi) is 5.39. The average Bonchev–Trinajstić information content (AvgIpc) is 2.82. The Hall–Kier alpha value is -0.420. The monoisotopic (exact) mass is 270 g/mol. The van der Waals surface area contributed by atoms with Crippen LogP contribution in [-0.4, -0.2) is 39.9 Å². The summed E-state index contributed by atoms with van der Waals surface area (Å²) in [5.74, 6) is 0.187. The van der Waals surface area contributed by atoms with Gasteiger partial charge in [-0.3, -0.25) is 0 Å². The fraction of sp³-hybridized carbons (Fsp3) is 0.867. The summed E-state index contributed by atoms with van der Waals surface area (Å²) in [5.41, 5.74) is 0. The van der Waals surface area contributed by atoms with Crippen LogP contribution in [0.25, 0.3) is 0 Å². The van der Waals surface area contributed by atoms with Crippen LogP contribution in [-0.2, 0) is 4.74 Å². The maximum atomic E-state index is 10.0. The van der Waals surface area contributed by atoms with Crippen LogP contribution in [0.5, 0.6) is 0 Å². The van der Waals surface area contributed by atoms with Gasteiger partial charge in [0.2, 0.25) is 0 Å². The minimum atomic E-state index is -0.687. The predicted molar refractivity (Wildman–Crippen MR) is 72.4 cm³/mol. The van der Waals surface area contributed by atoms with Crippen LogP contribution in [0.2, 0.25) is 0 Å². The van der Waals surface area contributed by atoms with Crippen LogP contribution in [0.3, 0.4) is 0 Å². The fourth-order valence-corrected chi connectivity index (χ4v) is 3.29. The van der Waals surface area contributed by atoms with Crippen molar-refractivity contribution in [3.05, 3.63) is 12.2 Å². The summed E-state index contributed by atoms with van der Waals surface area (Å²) in [6, 6.07) is 0. The van der Waals surface area contributed by atoms with E-state index in [0.717, 1.165) is 25.7 Å². The van der Waals surface area contributed by atoms with E-state index in [1.54, 1.807) is 6.08 Å². The van der Waals surface area contributed by atoms with Crippen LogP contribution in [0.15, 0.2) is 12.2 Å². The third-order valence-electron chi connectivity index (χ3n) is 4.35. The van der Waals surface area contributed by atoms with Gasteiger partial charge in [-0.1, -0.05) is 38.3 Å². The van der Waals surface area contributed by atoms with E-state index in [1.807, 2.05) is 6.08 Å². The molecule has 0 aromatic carbocycles. The molecular formula is C15H26O4. The highest BCUT2D eigenvalue weighted by Gasteiger charge is 2.47. The van der Waals surface area contributed by atoms with E-state index in [2.05, 4.69) is 6.92 Å². The fourth-order valence-electron chi connectivity index (χ4n) is 3.29. The van der Waals surface area contributed by atoms with E-state index >= 15 is 0 Å². The third kappa shape index (κ3) is 3.78. The average molecular weight is 270 g/mol. The maximum absolute atomic E-state index is 10.0. The van der Waals surface area contributed by atoms with Crippen LogP contribution in [0, 0.1) is 11.8 Å². The lowest BCUT2D eigenvalue weighted by Gasteiger charge is -2.16. The molecule has 2 aliphatic rings. The van der Waals surface area contributed by atoms with E-state index in [0.29, 0.717) is 12.8 Å². The molecule has 4 heteroatoms. The van der Waals surface area contributed by atoms with Gasteiger partial charge in [0.25, 0.3) is 0 Å². The number of hydrogen-bond donors (Lipinski definition) is 3. The minimum absolute atomic E-state index is 0.00275. The lowest BCUT2D eigenvalue weighted by atomic mass is 9.91. The van der Waals surface area contributed by atoms with Crippen LogP contribution >= 0.6 is 0 Å². The molecule has 1 aliphatic carbocycles. The predicted octanol–water partition coefficient (Wildman–Crippen LogP) is 1.59. The van der Waals surface area contributed by atoms with Gasteiger partial charge in [-0.2, -0.15) is 0 Å². The van der Waals surface area contributed by atoms with Gasteiger partial charge in [0.1, 0.15) is 0 Å². The molecule has 0 amide bonds. The standard InChI is InChI=1S/C15H26O4/c1-2-3-4-5-10(16)6-7-11-12-8-15(18)19-14(12)9-13(11)17/h6-7,10-18H,2-5,8-9H2,1H3/b7-6+/t10-,11+,12-,13-,14+,15+/m0/s1. The summed E-state index contributed by atoms with van der Waals surface area (Å²) in [5, 5.41) is 29.4. The van der Waals surface area contributed by atoms with Crippen molar-refractivity contribution in [1.82, 2.24) is 0 Å². The van der Waals surface area contributed by atoms with Gasteiger partial charge < -0.3 is 20.1 Å². The molecule has 19 heavy (non-hydrogen) atoms. The molecule has 6 atom stereocenters. The number of fused-ring (bicyclic) bond motifs is 1. The summed E-state index contributed by atoms with van der Waals surface area (Å²) in [4.78, 5) is 0. The molecule has 0 aromatic heterocycles. The van der Waals surface area contributed by atoms with Gasteiger partial charge >= 0.3 is 0 Å². The minimum Gasteiger partial charge on any atom is -0.392 e. The van der Waals surface area contributed by atoms with Crippen molar-refractivity contribution in [2.24, 2.45) is 11.8 Å². The smallest absolute Gasteiger partial charge is 0.155 e. The second-order valence-electron chi connectivity index (χ2n) is 5.86. The Morgan fingerprint density at radius 3 is 2.79 bits per heavy atom. The van der Waals surface area contributed by atoms with Crippen molar-refractivity contribution in [2.75, 3.05) is 0 Å². The molecule has 1 aliphatic heterocycles. The second kappa shape index (κ2) is 6.84. The molecule has 1 saturated heterocycles. The lowest BCUT2D eigenvalue weighted by Crippen LogP contribution is -2.19. The van der Waals surface area contributed by atoms with Gasteiger partial charge in [0.15, 0.2) is 6.29 Å². The Morgan fingerprint density at radius 1 is 1.26 bits per heavy atom. The summed E-state index contributed by atoms with van der Waals surface area (Å²) >= 11 is 0. The Labute approximate surface area is 115 Å². The van der Waals surface area contributed by atoms with Gasteiger partial charge in [-0.05, 0) is 12.3 Å². The number of aliphatic hydroxyl groups excluding tert-OH is 3. The molecule has 2 rings (SSSR count). The highest BCUT2D eigenvalue weighted by Crippen LogP contribution is 2.43. The number of rotatable bonds is 6. The van der Waals surface area contributed by atoms with Crippen molar-refractivity contribution in [2.45, 2.75) is 70.1 Å². The Balaban J connectivity index is 1.83. The second-order valence-corrected chi connectivity index (χ2v) is 5.86. The van der Waals surface area contributed by atoms with Crippen molar-refractivity contribution in [3.63, 3.8) is 0 Å². The van der Waals surface area contributed by atoms with Crippen molar-refractivity contribution < 1.29 is 20.1 Å². The summed E-state index contributed by atoms with van der Waals surface area (Å²) in [6.45, 7) is 2.14. The van der Waals surface area contributed by atoms with E-state index in [-0.39, 0.29) is 17.9 Å². The number of unbranched alkanes of at least 4 members (excludes halogenated alkanes) is 2. The van der Waals surface area contributed by atoms with Gasteiger partial charge in [-0.15, -0.1) is 0 Å². The summed E-state index contributed by atoms with van der Waals surface area (Å²) in [6.07, 6.45) is 7.44. The van der Waals surface area contributed by atoms with E-state index < -0.39 is 18.5 Å². The van der Waals surface area contributed by atoms with Crippen LogP contribution < -0.4 is 0 Å². The van der Waals surface area contributed by atoms with Gasteiger partial charge in [0.05, 0.1) is 18.3 Å². The Morgan fingerprint density at radius 2 is 2.05 bits per heavy atom. The highest BCUT2D eigenvalue weighted by atomic mass is 16.6. The molecule has 0 bridgehead atoms. The number of hydrogen-bond acceptors (Lipinski definition) is 4. The highest BCUT2D eigenvalue weighted by molar-refractivity contribution is 5.06. The number of aliphatic hydroxyl groups is 3. The molecule has 1 heterocycles. The molecule has 0 unspecified atom stereocenters. The van der Waals surface area contributed by atoms with Crippen molar-refractivity contribution in [3.8, 4) is 0 Å². The van der Waals surface area contributed by atoms with E-state index in [4.69, 9.17) is 4.74 Å². The largest absolute Gasteiger partial charge is 0.392 e. The zero-order valence-corrected chi connectivity index (χ0v) is 11.6. The first-order valence-electron chi connectivity index (χ1n) is 7.49. The van der Waals surface area contributed by atoms with E-state index in [9.17, 15) is 15.3 Å². The SMILES string of the molecule is CCCCC[C@H](O)/C=C/[C@@H]1[C@@H]2C[C@H](O)O[C@@H]2C[C@@H]1O. The number of ether oxygens (including phenoxy) is 1. The van der Waals surface area contributed by atoms with Crippen molar-refractivity contribution >= 4 is 0 Å². The maximum Gasteiger partial charge on any atom is 0.155 e. The summed E-state index contributed by atoms with van der Waals surface area (Å²) < 4.78 is 5.37. The molecule has 1 saturated carbocycles. The normalized spacial score (nSPS) is 39.9. The van der Waals surface area contributed by atoms with Gasteiger partial charge in [-0.25, -0.2) is 0 Å². The molecule has 3 N–H and O–H groups in total. The molecular weight excluding hydrogens is 244 g/mol. The lowest BCUT2D eigenvalue weighted by molar-refractivity contribution is -0.0949. The van der Waals surface area contributed by atoms with Crippen LogP contribution in [0.4, 0.5) is 0 Å². The van der Waals surface area contributed by atoms with E-state index in [1.165, 1.54) is 0 Å². The molecule has 0 radical (unpaired) electrons. The van der Waals surface area contributed by atoms with Crippen LogP contribution in [0.1, 0.15) is 45.4 Å². The first-order chi connectivity index (χ1) is 9.11. The quantitative estimate of drug-likeness (QED) is 0.506. The molecule has 2 fully saturated rings. The van der Waals surface area contributed by atoms with Gasteiger partial charge in [0, 0.05) is 18.8 Å². The molecule has 4 nitrogen and oxygen atoms in total. The van der Waals surface area contributed by atoms with Crippen molar-refractivity contribution in [1.29, 1.82) is 0 Å². The topological polar surface area (TPSA) is 69.9 Å². The molecule has 110 valence electrons. The third-order valence-corrected chi connectivity index (χ3v) is 4.35. The Bertz CT molecular complexity index is 305. The summed E-state index contributed by atoms with van der Waals surface area (Å²) in [7, 11) is 0. The zero-order valence-electron chi connectivity index (χ0n) is 11.6.